The van der Waals surface area contributed by atoms with Gasteiger partial charge in [0, 0.05) is 15.7 Å². The molecule has 0 heterocycles. The van der Waals surface area contributed by atoms with E-state index >= 15 is 0 Å². The molecule has 0 aliphatic heterocycles. The maximum atomic E-state index is 13.2. The summed E-state index contributed by atoms with van der Waals surface area (Å²) in [5.74, 6) is -0.284. The summed E-state index contributed by atoms with van der Waals surface area (Å²) in [6.07, 6.45) is 0.844. The highest BCUT2D eigenvalue weighted by Crippen LogP contribution is 2.31. The third-order valence-corrected chi connectivity index (χ3v) is 4.18. The smallest absolute Gasteiger partial charge is 0.137 e. The highest BCUT2D eigenvalue weighted by Gasteiger charge is 2.13. The molecular formula is C15H13BrCl2FN. The van der Waals surface area contributed by atoms with Crippen molar-refractivity contribution in [1.29, 1.82) is 0 Å². The van der Waals surface area contributed by atoms with Crippen LogP contribution in [0, 0.1) is 5.82 Å². The van der Waals surface area contributed by atoms with E-state index in [1.54, 1.807) is 18.2 Å². The van der Waals surface area contributed by atoms with E-state index in [1.165, 1.54) is 6.07 Å². The van der Waals surface area contributed by atoms with Gasteiger partial charge in [0.05, 0.1) is 10.5 Å². The molecule has 0 aliphatic carbocycles. The predicted molar refractivity (Wildman–Crippen MR) is 87.2 cm³/mol. The van der Waals surface area contributed by atoms with Crippen molar-refractivity contribution in [2.24, 2.45) is 0 Å². The Morgan fingerprint density at radius 1 is 1.20 bits per heavy atom. The maximum absolute atomic E-state index is 13.2. The molecule has 5 heteroatoms. The largest absolute Gasteiger partial charge is 0.378 e. The number of halogens is 4. The maximum Gasteiger partial charge on any atom is 0.137 e. The van der Waals surface area contributed by atoms with E-state index in [1.807, 2.05) is 12.1 Å². The number of hydrogen-bond donors (Lipinski definition) is 1. The first-order chi connectivity index (χ1) is 9.51. The zero-order valence-corrected chi connectivity index (χ0v) is 13.9. The highest BCUT2D eigenvalue weighted by atomic mass is 79.9. The molecule has 0 amide bonds. The number of benzene rings is 2. The van der Waals surface area contributed by atoms with Crippen molar-refractivity contribution in [3.63, 3.8) is 0 Å². The second-order valence-electron chi connectivity index (χ2n) is 4.40. The number of hydrogen-bond acceptors (Lipinski definition) is 1. The molecule has 20 heavy (non-hydrogen) atoms. The van der Waals surface area contributed by atoms with Crippen LogP contribution >= 0.6 is 39.1 Å². The highest BCUT2D eigenvalue weighted by molar-refractivity contribution is 9.10. The Morgan fingerprint density at radius 2 is 1.95 bits per heavy atom. The van der Waals surface area contributed by atoms with Crippen LogP contribution in [0.5, 0.6) is 0 Å². The van der Waals surface area contributed by atoms with Crippen LogP contribution in [0.3, 0.4) is 0 Å². The predicted octanol–water partition coefficient (Wildman–Crippen LogP) is 6.46. The van der Waals surface area contributed by atoms with Crippen LogP contribution in [0.2, 0.25) is 10.0 Å². The second kappa shape index (κ2) is 6.79. The lowest BCUT2D eigenvalue weighted by atomic mass is 10.0. The summed E-state index contributed by atoms with van der Waals surface area (Å²) in [5, 5.41) is 4.58. The molecule has 1 nitrogen and oxygen atoms in total. The first kappa shape index (κ1) is 15.6. The lowest BCUT2D eigenvalue weighted by Gasteiger charge is -2.20. The number of anilines is 1. The van der Waals surface area contributed by atoms with Crippen LogP contribution in [0.25, 0.3) is 0 Å². The van der Waals surface area contributed by atoms with Gasteiger partial charge in [-0.2, -0.15) is 0 Å². The van der Waals surface area contributed by atoms with E-state index in [0.29, 0.717) is 14.5 Å². The van der Waals surface area contributed by atoms with Crippen molar-refractivity contribution in [1.82, 2.24) is 0 Å². The molecule has 0 fully saturated rings. The molecule has 1 N–H and O–H groups in total. The lowest BCUT2D eigenvalue weighted by molar-refractivity contribution is 0.621. The molecule has 0 saturated heterocycles. The van der Waals surface area contributed by atoms with E-state index in [4.69, 9.17) is 23.2 Å². The van der Waals surface area contributed by atoms with Crippen LogP contribution in [0.15, 0.2) is 40.9 Å². The minimum absolute atomic E-state index is 0.0390. The van der Waals surface area contributed by atoms with Gasteiger partial charge in [-0.05, 0) is 58.2 Å². The fourth-order valence-electron chi connectivity index (χ4n) is 1.97. The van der Waals surface area contributed by atoms with E-state index in [9.17, 15) is 4.39 Å². The summed E-state index contributed by atoms with van der Waals surface area (Å²) < 4.78 is 13.7. The second-order valence-corrected chi connectivity index (χ2v) is 6.10. The van der Waals surface area contributed by atoms with Gasteiger partial charge >= 0.3 is 0 Å². The first-order valence-corrected chi connectivity index (χ1v) is 7.72. The SMILES string of the molecule is CCC(Nc1ccc(F)c(Br)c1)c1ccc(Cl)cc1Cl. The molecule has 2 aromatic carbocycles. The van der Waals surface area contributed by atoms with Gasteiger partial charge in [-0.1, -0.05) is 36.2 Å². The minimum Gasteiger partial charge on any atom is -0.378 e. The Kier molecular flexibility index (Phi) is 5.30. The topological polar surface area (TPSA) is 12.0 Å². The average Bonchev–Trinajstić information content (AvgIpc) is 2.41. The third-order valence-electron chi connectivity index (χ3n) is 3.01. The van der Waals surface area contributed by atoms with Crippen molar-refractivity contribution in [3.05, 3.63) is 62.3 Å². The molecule has 0 aliphatic rings. The van der Waals surface area contributed by atoms with Crippen LogP contribution in [0.4, 0.5) is 10.1 Å². The summed E-state index contributed by atoms with van der Waals surface area (Å²) in [4.78, 5) is 0. The van der Waals surface area contributed by atoms with Crippen LogP contribution < -0.4 is 5.32 Å². The molecule has 1 unspecified atom stereocenters. The number of rotatable bonds is 4. The van der Waals surface area contributed by atoms with E-state index in [0.717, 1.165) is 17.7 Å². The average molecular weight is 377 g/mol. The van der Waals surface area contributed by atoms with Gasteiger partial charge < -0.3 is 5.32 Å². The van der Waals surface area contributed by atoms with E-state index in [2.05, 4.69) is 28.2 Å². The monoisotopic (exact) mass is 375 g/mol. The normalized spacial score (nSPS) is 12.2. The van der Waals surface area contributed by atoms with Gasteiger partial charge in [0.25, 0.3) is 0 Å². The summed E-state index contributed by atoms with van der Waals surface area (Å²) >= 11 is 15.3. The molecule has 0 spiro atoms. The van der Waals surface area contributed by atoms with Crippen molar-refractivity contribution >= 4 is 44.8 Å². The Bertz CT molecular complexity index is 619. The van der Waals surface area contributed by atoms with E-state index in [-0.39, 0.29) is 11.9 Å². The van der Waals surface area contributed by atoms with Gasteiger partial charge in [-0.3, -0.25) is 0 Å². The molecule has 106 valence electrons. The summed E-state index contributed by atoms with van der Waals surface area (Å²) in [5.41, 5.74) is 1.80. The van der Waals surface area contributed by atoms with Crippen molar-refractivity contribution in [3.8, 4) is 0 Å². The Morgan fingerprint density at radius 3 is 2.55 bits per heavy atom. The first-order valence-electron chi connectivity index (χ1n) is 6.17. The summed E-state index contributed by atoms with van der Waals surface area (Å²) in [6.45, 7) is 2.06. The van der Waals surface area contributed by atoms with Gasteiger partial charge in [-0.25, -0.2) is 4.39 Å². The minimum atomic E-state index is -0.284. The van der Waals surface area contributed by atoms with Crippen molar-refractivity contribution in [2.45, 2.75) is 19.4 Å². The molecule has 1 atom stereocenters. The van der Waals surface area contributed by atoms with Gasteiger partial charge in [-0.15, -0.1) is 0 Å². The molecule has 0 saturated carbocycles. The van der Waals surface area contributed by atoms with Crippen molar-refractivity contribution in [2.75, 3.05) is 5.32 Å². The van der Waals surface area contributed by atoms with Crippen molar-refractivity contribution < 1.29 is 4.39 Å². The van der Waals surface area contributed by atoms with Crippen LogP contribution in [-0.2, 0) is 0 Å². The fourth-order valence-corrected chi connectivity index (χ4v) is 2.89. The zero-order valence-electron chi connectivity index (χ0n) is 10.8. The Labute approximate surface area is 136 Å². The standard InChI is InChI=1S/C15H13BrCl2FN/c1-2-15(11-5-3-9(17)7-13(11)18)20-10-4-6-14(19)12(16)8-10/h3-8,15,20H,2H2,1H3. The summed E-state index contributed by atoms with van der Waals surface area (Å²) in [6, 6.07) is 10.3. The Balaban J connectivity index is 2.26. The zero-order chi connectivity index (χ0) is 14.7. The molecule has 2 rings (SSSR count). The third kappa shape index (κ3) is 3.66. The molecule has 2 aromatic rings. The van der Waals surface area contributed by atoms with Crippen LogP contribution in [0.1, 0.15) is 24.9 Å². The van der Waals surface area contributed by atoms with E-state index < -0.39 is 0 Å². The number of nitrogens with one attached hydrogen (secondary N) is 1. The lowest BCUT2D eigenvalue weighted by Crippen LogP contribution is -2.10. The van der Waals surface area contributed by atoms with Crippen LogP contribution in [-0.4, -0.2) is 0 Å². The van der Waals surface area contributed by atoms with Gasteiger partial charge in [0.2, 0.25) is 0 Å². The summed E-state index contributed by atoms with van der Waals surface area (Å²) in [7, 11) is 0. The quantitative estimate of drug-likeness (QED) is 0.645. The van der Waals surface area contributed by atoms with Gasteiger partial charge in [0.1, 0.15) is 5.82 Å². The molecule has 0 aromatic heterocycles. The molecular weight excluding hydrogens is 364 g/mol. The fraction of sp³-hybridized carbons (Fsp3) is 0.200. The van der Waals surface area contributed by atoms with Gasteiger partial charge in [0.15, 0.2) is 0 Å². The Hall–Kier alpha value is -0.770. The molecule has 0 radical (unpaired) electrons. The molecule has 0 bridgehead atoms.